The molecule has 0 aliphatic carbocycles. The number of ketones is 1. The van der Waals surface area contributed by atoms with Crippen LogP contribution >= 0.6 is 11.6 Å². The molecule has 0 fully saturated rings. The summed E-state index contributed by atoms with van der Waals surface area (Å²) in [6.07, 6.45) is 0.0800. The largest absolute Gasteiger partial charge is 0.496 e. The highest BCUT2D eigenvalue weighted by atomic mass is 35.5. The van der Waals surface area contributed by atoms with Gasteiger partial charge < -0.3 is 9.84 Å². The zero-order valence-electron chi connectivity index (χ0n) is 9.63. The zero-order chi connectivity index (χ0) is 12.3. The normalized spacial score (nSPS) is 10.3. The van der Waals surface area contributed by atoms with E-state index in [1.807, 2.05) is 6.92 Å². The van der Waals surface area contributed by atoms with E-state index in [1.165, 1.54) is 7.11 Å². The summed E-state index contributed by atoms with van der Waals surface area (Å²) in [6, 6.07) is 1.74. The number of halogens is 1. The van der Waals surface area contributed by atoms with Gasteiger partial charge in [0.2, 0.25) is 0 Å². The number of hydrogen-bond donors (Lipinski definition) is 1. The summed E-state index contributed by atoms with van der Waals surface area (Å²) in [5.41, 5.74) is 2.04. The topological polar surface area (TPSA) is 46.5 Å². The number of benzene rings is 1. The monoisotopic (exact) mass is 242 g/mol. The van der Waals surface area contributed by atoms with Gasteiger partial charge in [-0.1, -0.05) is 11.6 Å². The third-order valence-corrected chi connectivity index (χ3v) is 3.06. The smallest absolute Gasteiger partial charge is 0.169 e. The summed E-state index contributed by atoms with van der Waals surface area (Å²) in [7, 11) is 1.51. The molecule has 0 saturated carbocycles. The van der Waals surface area contributed by atoms with Gasteiger partial charge in [0.05, 0.1) is 19.3 Å². The van der Waals surface area contributed by atoms with E-state index in [1.54, 1.807) is 13.0 Å². The molecular weight excluding hydrogens is 228 g/mol. The number of methoxy groups -OCH3 is 1. The van der Waals surface area contributed by atoms with Crippen LogP contribution in [-0.4, -0.2) is 24.6 Å². The van der Waals surface area contributed by atoms with E-state index < -0.39 is 0 Å². The minimum atomic E-state index is -0.174. The number of hydrogen-bond acceptors (Lipinski definition) is 3. The van der Waals surface area contributed by atoms with Crippen LogP contribution in [0.25, 0.3) is 0 Å². The molecule has 1 aromatic carbocycles. The first-order chi connectivity index (χ1) is 7.52. The Morgan fingerprint density at radius 1 is 1.50 bits per heavy atom. The molecule has 1 rings (SSSR count). The Morgan fingerprint density at radius 3 is 2.62 bits per heavy atom. The Morgan fingerprint density at radius 2 is 2.12 bits per heavy atom. The number of rotatable bonds is 4. The van der Waals surface area contributed by atoms with Gasteiger partial charge in [0.25, 0.3) is 0 Å². The third kappa shape index (κ3) is 2.36. The quantitative estimate of drug-likeness (QED) is 0.826. The molecule has 0 aromatic heterocycles. The molecule has 0 amide bonds. The first-order valence-corrected chi connectivity index (χ1v) is 5.38. The van der Waals surface area contributed by atoms with Gasteiger partial charge in [0, 0.05) is 11.4 Å². The van der Waals surface area contributed by atoms with Gasteiger partial charge in [-0.3, -0.25) is 4.79 Å². The van der Waals surface area contributed by atoms with Crippen molar-refractivity contribution < 1.29 is 14.6 Å². The molecule has 0 radical (unpaired) electrons. The highest BCUT2D eigenvalue weighted by Crippen LogP contribution is 2.32. The fourth-order valence-electron chi connectivity index (χ4n) is 1.66. The summed E-state index contributed by atoms with van der Waals surface area (Å²) in [5, 5.41) is 9.35. The van der Waals surface area contributed by atoms with Crippen molar-refractivity contribution in [3.05, 3.63) is 27.8 Å². The van der Waals surface area contributed by atoms with E-state index in [-0.39, 0.29) is 18.8 Å². The van der Waals surface area contributed by atoms with Crippen molar-refractivity contribution >= 4 is 17.4 Å². The maximum Gasteiger partial charge on any atom is 0.169 e. The van der Waals surface area contributed by atoms with Gasteiger partial charge in [-0.2, -0.15) is 0 Å². The molecule has 0 spiro atoms. The van der Waals surface area contributed by atoms with Gasteiger partial charge >= 0.3 is 0 Å². The second-order valence-electron chi connectivity index (χ2n) is 3.61. The molecule has 16 heavy (non-hydrogen) atoms. The van der Waals surface area contributed by atoms with Crippen molar-refractivity contribution in [1.29, 1.82) is 0 Å². The van der Waals surface area contributed by atoms with Gasteiger partial charge in [-0.15, -0.1) is 0 Å². The van der Waals surface area contributed by atoms with Crippen molar-refractivity contribution in [2.45, 2.75) is 20.3 Å². The maximum atomic E-state index is 11.8. The molecular formula is C12H15ClO3. The fourth-order valence-corrected chi connectivity index (χ4v) is 1.81. The van der Waals surface area contributed by atoms with Crippen LogP contribution in [0.5, 0.6) is 5.75 Å². The predicted molar refractivity (Wildman–Crippen MR) is 63.5 cm³/mol. The lowest BCUT2D eigenvalue weighted by atomic mass is 9.99. The van der Waals surface area contributed by atoms with Crippen LogP contribution < -0.4 is 4.74 Å². The van der Waals surface area contributed by atoms with Gasteiger partial charge in [-0.25, -0.2) is 0 Å². The molecule has 0 unspecified atom stereocenters. The van der Waals surface area contributed by atoms with E-state index in [2.05, 4.69) is 0 Å². The van der Waals surface area contributed by atoms with Crippen molar-refractivity contribution in [2.24, 2.45) is 0 Å². The summed E-state index contributed by atoms with van der Waals surface area (Å²) < 4.78 is 5.17. The average Bonchev–Trinajstić information content (AvgIpc) is 2.25. The van der Waals surface area contributed by atoms with E-state index in [0.29, 0.717) is 21.9 Å². The van der Waals surface area contributed by atoms with Crippen LogP contribution in [0.3, 0.4) is 0 Å². The fraction of sp³-hybridized carbons (Fsp3) is 0.417. The number of Topliss-reactive ketones (excluding diaryl/α,β-unsaturated/α-hetero) is 1. The van der Waals surface area contributed by atoms with Crippen molar-refractivity contribution in [3.8, 4) is 5.75 Å². The Hall–Kier alpha value is -1.06. The molecule has 0 bridgehead atoms. The van der Waals surface area contributed by atoms with Gasteiger partial charge in [0.15, 0.2) is 5.78 Å². The SMILES string of the molecule is COc1cc(C)c(Cl)c(C)c1C(=O)CCO. The predicted octanol–water partition coefficient (Wildman–Crippen LogP) is 2.53. The Balaban J connectivity index is 3.35. The van der Waals surface area contributed by atoms with Gasteiger partial charge in [-0.05, 0) is 31.0 Å². The summed E-state index contributed by atoms with van der Waals surface area (Å²) in [5.74, 6) is 0.358. The van der Waals surface area contributed by atoms with Crippen molar-refractivity contribution in [3.63, 3.8) is 0 Å². The molecule has 4 heteroatoms. The molecule has 88 valence electrons. The number of aryl methyl sites for hydroxylation is 1. The summed E-state index contributed by atoms with van der Waals surface area (Å²) in [4.78, 5) is 11.8. The molecule has 0 aliphatic heterocycles. The van der Waals surface area contributed by atoms with E-state index in [9.17, 15) is 4.79 Å². The molecule has 0 saturated heterocycles. The number of aliphatic hydroxyl groups is 1. The lowest BCUT2D eigenvalue weighted by molar-refractivity contribution is 0.0953. The first-order valence-electron chi connectivity index (χ1n) is 5.00. The second kappa shape index (κ2) is 5.32. The van der Waals surface area contributed by atoms with Crippen molar-refractivity contribution in [2.75, 3.05) is 13.7 Å². The van der Waals surface area contributed by atoms with Crippen LogP contribution in [0.15, 0.2) is 6.07 Å². The molecule has 0 atom stereocenters. The van der Waals surface area contributed by atoms with E-state index in [4.69, 9.17) is 21.4 Å². The maximum absolute atomic E-state index is 11.8. The van der Waals surface area contributed by atoms with E-state index in [0.717, 1.165) is 5.56 Å². The van der Waals surface area contributed by atoms with Crippen molar-refractivity contribution in [1.82, 2.24) is 0 Å². The summed E-state index contributed by atoms with van der Waals surface area (Å²) in [6.45, 7) is 3.47. The third-order valence-electron chi connectivity index (χ3n) is 2.48. The standard InChI is InChI=1S/C12H15ClO3/c1-7-6-10(16-3)11(8(2)12(7)13)9(15)4-5-14/h6,14H,4-5H2,1-3H3. The Bertz CT molecular complexity index is 413. The first kappa shape index (κ1) is 13.0. The van der Waals surface area contributed by atoms with E-state index >= 15 is 0 Å². The lowest BCUT2D eigenvalue weighted by Crippen LogP contribution is -2.07. The zero-order valence-corrected chi connectivity index (χ0v) is 10.4. The van der Waals surface area contributed by atoms with Crippen LogP contribution in [0.2, 0.25) is 5.02 Å². The number of aliphatic hydroxyl groups excluding tert-OH is 1. The van der Waals surface area contributed by atoms with Crippen LogP contribution in [0.4, 0.5) is 0 Å². The minimum Gasteiger partial charge on any atom is -0.496 e. The average molecular weight is 243 g/mol. The highest BCUT2D eigenvalue weighted by molar-refractivity contribution is 6.32. The van der Waals surface area contributed by atoms with Crippen LogP contribution in [0.1, 0.15) is 27.9 Å². The molecule has 3 nitrogen and oxygen atoms in total. The number of carbonyl (C=O) groups is 1. The van der Waals surface area contributed by atoms with Crippen LogP contribution in [0, 0.1) is 13.8 Å². The van der Waals surface area contributed by atoms with Crippen LogP contribution in [-0.2, 0) is 0 Å². The number of ether oxygens (including phenoxy) is 1. The Kier molecular flexibility index (Phi) is 4.33. The summed E-state index contributed by atoms with van der Waals surface area (Å²) >= 11 is 6.09. The second-order valence-corrected chi connectivity index (χ2v) is 3.98. The minimum absolute atomic E-state index is 0.0800. The highest BCUT2D eigenvalue weighted by Gasteiger charge is 2.18. The number of carbonyl (C=O) groups excluding carboxylic acids is 1. The lowest BCUT2D eigenvalue weighted by Gasteiger charge is -2.13. The van der Waals surface area contributed by atoms with Gasteiger partial charge in [0.1, 0.15) is 5.75 Å². The molecule has 0 aliphatic rings. The molecule has 1 aromatic rings. The molecule has 0 heterocycles. The molecule has 1 N–H and O–H groups in total. The Labute approximate surface area is 100.0 Å².